The average Bonchev–Trinajstić information content (AvgIpc) is 3.01. The Kier molecular flexibility index (Phi) is 6.21. The van der Waals surface area contributed by atoms with Gasteiger partial charge in [-0.1, -0.05) is 29.8 Å². The molecule has 1 atom stereocenters. The molecule has 4 amide bonds. The van der Waals surface area contributed by atoms with Gasteiger partial charge in [-0.3, -0.25) is 14.5 Å². The van der Waals surface area contributed by atoms with Gasteiger partial charge in [0.2, 0.25) is 5.91 Å². The lowest BCUT2D eigenvalue weighted by Crippen LogP contribution is -2.45. The summed E-state index contributed by atoms with van der Waals surface area (Å²) in [6, 6.07) is 6.22. The quantitative estimate of drug-likeness (QED) is 0.667. The van der Waals surface area contributed by atoms with Crippen LogP contribution in [-0.4, -0.2) is 68.0 Å². The van der Waals surface area contributed by atoms with Gasteiger partial charge in [0.1, 0.15) is 0 Å². The minimum absolute atomic E-state index is 0.153. The van der Waals surface area contributed by atoms with E-state index < -0.39 is 6.04 Å². The molecule has 9 heteroatoms. The van der Waals surface area contributed by atoms with E-state index in [1.807, 2.05) is 6.07 Å². The maximum absolute atomic E-state index is 13.1. The largest absolute Gasteiger partial charge is 0.383 e. The molecule has 3 rings (SSSR count). The third kappa shape index (κ3) is 3.98. The van der Waals surface area contributed by atoms with E-state index in [1.54, 1.807) is 37.3 Å². The fourth-order valence-electron chi connectivity index (χ4n) is 3.36. The molecule has 1 aromatic carbocycles. The summed E-state index contributed by atoms with van der Waals surface area (Å²) in [5.74, 6) is -0.351. The maximum atomic E-state index is 13.1. The molecule has 0 saturated heterocycles. The number of carbonyl (C=O) groups excluding carboxylic acids is 3. The fraction of sp³-hybridized carbons (Fsp3) is 0.421. The summed E-state index contributed by atoms with van der Waals surface area (Å²) < 4.78 is 4.90. The SMILES string of the molecule is COCCNC(=O)CCN1CC2=C(C1=O)C(c1ccccc1Cl)NC(=O)N2C. The van der Waals surface area contributed by atoms with E-state index in [2.05, 4.69) is 10.6 Å². The highest BCUT2D eigenvalue weighted by Crippen LogP contribution is 2.37. The Labute approximate surface area is 168 Å². The lowest BCUT2D eigenvalue weighted by atomic mass is 9.95. The summed E-state index contributed by atoms with van der Waals surface area (Å²) >= 11 is 6.30. The number of ether oxygens (including phenoxy) is 1. The number of urea groups is 1. The first kappa shape index (κ1) is 20.2. The van der Waals surface area contributed by atoms with Crippen LogP contribution in [0.4, 0.5) is 4.79 Å². The molecule has 0 aromatic heterocycles. The first-order chi connectivity index (χ1) is 13.4. The van der Waals surface area contributed by atoms with Crippen molar-refractivity contribution in [2.24, 2.45) is 0 Å². The van der Waals surface area contributed by atoms with E-state index in [4.69, 9.17) is 16.3 Å². The van der Waals surface area contributed by atoms with Crippen LogP contribution in [0.15, 0.2) is 35.5 Å². The molecule has 1 unspecified atom stereocenters. The van der Waals surface area contributed by atoms with Crippen LogP contribution in [0, 0.1) is 0 Å². The molecule has 2 aliphatic heterocycles. The standard InChI is InChI=1S/C19H23ClN4O4/c1-23-14-11-24(9-7-15(25)21-8-10-28-2)18(26)16(14)17(22-19(23)27)12-5-3-4-6-13(12)20/h3-6,17H,7-11H2,1-2H3,(H,21,25)(H,22,27). The Hall–Kier alpha value is -2.58. The Morgan fingerprint density at radius 3 is 2.82 bits per heavy atom. The summed E-state index contributed by atoms with van der Waals surface area (Å²) in [5.41, 5.74) is 1.80. The number of hydrogen-bond acceptors (Lipinski definition) is 4. The number of hydrogen-bond donors (Lipinski definition) is 2. The molecule has 2 N–H and O–H groups in total. The third-order valence-corrected chi connectivity index (χ3v) is 5.23. The number of amides is 4. The summed E-state index contributed by atoms with van der Waals surface area (Å²) in [5, 5.41) is 6.06. The van der Waals surface area contributed by atoms with Gasteiger partial charge in [0.05, 0.1) is 30.5 Å². The molecule has 0 radical (unpaired) electrons. The van der Waals surface area contributed by atoms with Crippen molar-refractivity contribution < 1.29 is 19.1 Å². The fourth-order valence-corrected chi connectivity index (χ4v) is 3.61. The zero-order chi connectivity index (χ0) is 20.3. The van der Waals surface area contributed by atoms with Crippen LogP contribution in [0.5, 0.6) is 0 Å². The van der Waals surface area contributed by atoms with E-state index in [1.165, 1.54) is 4.90 Å². The second-order valence-corrected chi connectivity index (χ2v) is 7.05. The van der Waals surface area contributed by atoms with E-state index >= 15 is 0 Å². The first-order valence-corrected chi connectivity index (χ1v) is 9.38. The molecule has 8 nitrogen and oxygen atoms in total. The molecule has 0 spiro atoms. The van der Waals surface area contributed by atoms with Gasteiger partial charge in [0.25, 0.3) is 5.91 Å². The number of carbonyl (C=O) groups is 3. The van der Waals surface area contributed by atoms with Gasteiger partial charge in [-0.15, -0.1) is 0 Å². The van der Waals surface area contributed by atoms with Crippen LogP contribution in [0.25, 0.3) is 0 Å². The molecule has 2 aliphatic rings. The summed E-state index contributed by atoms with van der Waals surface area (Å²) in [6.45, 7) is 1.41. The molecule has 1 aromatic rings. The van der Waals surface area contributed by atoms with Gasteiger partial charge in [-0.05, 0) is 11.6 Å². The van der Waals surface area contributed by atoms with Crippen LogP contribution < -0.4 is 10.6 Å². The van der Waals surface area contributed by atoms with Gasteiger partial charge in [-0.25, -0.2) is 4.79 Å². The molecule has 0 aliphatic carbocycles. The molecule has 0 bridgehead atoms. The predicted molar refractivity (Wildman–Crippen MR) is 104 cm³/mol. The highest BCUT2D eigenvalue weighted by molar-refractivity contribution is 6.31. The van der Waals surface area contributed by atoms with Crippen molar-refractivity contribution >= 4 is 29.4 Å². The van der Waals surface area contributed by atoms with E-state index in [-0.39, 0.29) is 37.4 Å². The van der Waals surface area contributed by atoms with Gasteiger partial charge in [0.15, 0.2) is 0 Å². The topological polar surface area (TPSA) is 91.0 Å². The second-order valence-electron chi connectivity index (χ2n) is 6.64. The van der Waals surface area contributed by atoms with Crippen molar-refractivity contribution in [2.75, 3.05) is 40.4 Å². The van der Waals surface area contributed by atoms with Crippen LogP contribution in [0.2, 0.25) is 5.02 Å². The van der Waals surface area contributed by atoms with Crippen molar-refractivity contribution in [3.63, 3.8) is 0 Å². The number of rotatable bonds is 7. The summed E-state index contributed by atoms with van der Waals surface area (Å²) in [4.78, 5) is 40.4. The molecule has 28 heavy (non-hydrogen) atoms. The monoisotopic (exact) mass is 406 g/mol. The molecule has 2 heterocycles. The number of methoxy groups -OCH3 is 1. The van der Waals surface area contributed by atoms with E-state index in [0.717, 1.165) is 0 Å². The van der Waals surface area contributed by atoms with Crippen LogP contribution in [0.1, 0.15) is 18.0 Å². The Bertz CT molecular complexity index is 826. The van der Waals surface area contributed by atoms with Crippen molar-refractivity contribution in [1.29, 1.82) is 0 Å². The van der Waals surface area contributed by atoms with Crippen LogP contribution in [-0.2, 0) is 14.3 Å². The lowest BCUT2D eigenvalue weighted by Gasteiger charge is -2.31. The molecular weight excluding hydrogens is 384 g/mol. The zero-order valence-electron chi connectivity index (χ0n) is 15.8. The minimum Gasteiger partial charge on any atom is -0.383 e. The summed E-state index contributed by atoms with van der Waals surface area (Å²) in [6.07, 6.45) is 0.178. The first-order valence-electron chi connectivity index (χ1n) is 9.00. The number of nitrogens with one attached hydrogen (secondary N) is 2. The lowest BCUT2D eigenvalue weighted by molar-refractivity contribution is -0.127. The Morgan fingerprint density at radius 2 is 2.11 bits per heavy atom. The van der Waals surface area contributed by atoms with Gasteiger partial charge in [0, 0.05) is 38.7 Å². The van der Waals surface area contributed by atoms with Gasteiger partial charge < -0.3 is 20.3 Å². The number of nitrogens with zero attached hydrogens (tertiary/aromatic N) is 2. The highest BCUT2D eigenvalue weighted by atomic mass is 35.5. The smallest absolute Gasteiger partial charge is 0.322 e. The van der Waals surface area contributed by atoms with Crippen molar-refractivity contribution in [3.05, 3.63) is 46.1 Å². The van der Waals surface area contributed by atoms with Gasteiger partial charge >= 0.3 is 6.03 Å². The van der Waals surface area contributed by atoms with Gasteiger partial charge in [-0.2, -0.15) is 0 Å². The van der Waals surface area contributed by atoms with Crippen molar-refractivity contribution in [2.45, 2.75) is 12.5 Å². The second kappa shape index (κ2) is 8.62. The molecule has 150 valence electrons. The van der Waals surface area contributed by atoms with Crippen molar-refractivity contribution in [3.8, 4) is 0 Å². The highest BCUT2D eigenvalue weighted by Gasteiger charge is 2.43. The number of halogens is 1. The normalized spacial score (nSPS) is 19.0. The minimum atomic E-state index is -0.611. The van der Waals surface area contributed by atoms with Crippen LogP contribution in [0.3, 0.4) is 0 Å². The van der Waals surface area contributed by atoms with E-state index in [0.29, 0.717) is 35.0 Å². The van der Waals surface area contributed by atoms with Crippen LogP contribution >= 0.6 is 11.6 Å². The average molecular weight is 407 g/mol. The Balaban J connectivity index is 1.75. The zero-order valence-corrected chi connectivity index (χ0v) is 16.6. The predicted octanol–water partition coefficient (Wildman–Crippen LogP) is 1.29. The van der Waals surface area contributed by atoms with E-state index in [9.17, 15) is 14.4 Å². The van der Waals surface area contributed by atoms with Crippen molar-refractivity contribution in [1.82, 2.24) is 20.4 Å². The number of benzene rings is 1. The third-order valence-electron chi connectivity index (χ3n) is 4.89. The molecule has 0 fully saturated rings. The molecular formula is C19H23ClN4O4. The maximum Gasteiger partial charge on any atom is 0.322 e. The Morgan fingerprint density at radius 1 is 1.36 bits per heavy atom. The molecule has 0 saturated carbocycles. The number of likely N-dealkylation sites (N-methyl/N-ethyl adjacent to an activating group) is 1. The summed E-state index contributed by atoms with van der Waals surface area (Å²) in [7, 11) is 3.19.